The molecule has 0 saturated carbocycles. The first-order valence-corrected chi connectivity index (χ1v) is 6.81. The standard InChI is InChI=1S/C13H18BrFN2/c1-17(12-3-2-6-16-8-12)9-10-4-5-11(14)7-13(10)15/h4-5,7,12,16H,2-3,6,8-9H2,1H3. The topological polar surface area (TPSA) is 15.3 Å². The van der Waals surface area contributed by atoms with Gasteiger partial charge in [-0.3, -0.25) is 4.90 Å². The summed E-state index contributed by atoms with van der Waals surface area (Å²) in [5.41, 5.74) is 0.765. The van der Waals surface area contributed by atoms with Crippen LogP contribution in [0.4, 0.5) is 4.39 Å². The smallest absolute Gasteiger partial charge is 0.128 e. The van der Waals surface area contributed by atoms with Crippen LogP contribution in [0, 0.1) is 5.82 Å². The second kappa shape index (κ2) is 5.94. The van der Waals surface area contributed by atoms with Crippen molar-refractivity contribution in [3.8, 4) is 0 Å². The van der Waals surface area contributed by atoms with Crippen molar-refractivity contribution in [1.82, 2.24) is 10.2 Å². The summed E-state index contributed by atoms with van der Waals surface area (Å²) in [6.45, 7) is 2.79. The molecule has 0 bridgehead atoms. The van der Waals surface area contributed by atoms with Gasteiger partial charge in [0.1, 0.15) is 5.82 Å². The third kappa shape index (κ3) is 3.50. The van der Waals surface area contributed by atoms with Crippen molar-refractivity contribution in [1.29, 1.82) is 0 Å². The summed E-state index contributed by atoms with van der Waals surface area (Å²) in [7, 11) is 2.07. The lowest BCUT2D eigenvalue weighted by Crippen LogP contribution is -2.43. The molecule has 2 rings (SSSR count). The Morgan fingerprint density at radius 2 is 2.35 bits per heavy atom. The number of halogens is 2. The van der Waals surface area contributed by atoms with E-state index in [0.717, 1.165) is 23.1 Å². The quantitative estimate of drug-likeness (QED) is 0.923. The maximum absolute atomic E-state index is 13.7. The van der Waals surface area contributed by atoms with E-state index in [9.17, 15) is 4.39 Å². The van der Waals surface area contributed by atoms with Gasteiger partial charge in [-0.2, -0.15) is 0 Å². The number of nitrogens with zero attached hydrogens (tertiary/aromatic N) is 1. The molecule has 17 heavy (non-hydrogen) atoms. The van der Waals surface area contributed by atoms with E-state index in [4.69, 9.17) is 0 Å². The SMILES string of the molecule is CN(Cc1ccc(Br)cc1F)C1CCCNC1. The summed E-state index contributed by atoms with van der Waals surface area (Å²) < 4.78 is 14.5. The van der Waals surface area contributed by atoms with E-state index < -0.39 is 0 Å². The molecule has 0 spiro atoms. The van der Waals surface area contributed by atoms with Gasteiger partial charge in [-0.25, -0.2) is 4.39 Å². The first-order chi connectivity index (χ1) is 8.16. The van der Waals surface area contributed by atoms with E-state index in [-0.39, 0.29) is 5.82 Å². The normalized spacial score (nSPS) is 20.8. The Labute approximate surface area is 110 Å². The van der Waals surface area contributed by atoms with Crippen LogP contribution in [-0.4, -0.2) is 31.1 Å². The highest BCUT2D eigenvalue weighted by molar-refractivity contribution is 9.10. The Balaban J connectivity index is 1.99. The molecule has 1 N–H and O–H groups in total. The van der Waals surface area contributed by atoms with Crippen molar-refractivity contribution in [2.45, 2.75) is 25.4 Å². The third-order valence-corrected chi connectivity index (χ3v) is 3.82. The minimum Gasteiger partial charge on any atom is -0.315 e. The highest BCUT2D eigenvalue weighted by atomic mass is 79.9. The summed E-state index contributed by atoms with van der Waals surface area (Å²) in [4.78, 5) is 2.23. The van der Waals surface area contributed by atoms with Gasteiger partial charge in [0, 0.05) is 29.2 Å². The zero-order chi connectivity index (χ0) is 12.3. The van der Waals surface area contributed by atoms with E-state index in [1.54, 1.807) is 0 Å². The van der Waals surface area contributed by atoms with Crippen molar-refractivity contribution < 1.29 is 4.39 Å². The maximum Gasteiger partial charge on any atom is 0.128 e. The van der Waals surface area contributed by atoms with E-state index in [1.165, 1.54) is 18.9 Å². The molecule has 0 aliphatic carbocycles. The van der Waals surface area contributed by atoms with Crippen molar-refractivity contribution in [3.05, 3.63) is 34.1 Å². The average molecular weight is 301 g/mol. The summed E-state index contributed by atoms with van der Waals surface area (Å²) in [6, 6.07) is 5.80. The van der Waals surface area contributed by atoms with Crippen LogP contribution in [0.25, 0.3) is 0 Å². The number of hydrogen-bond donors (Lipinski definition) is 1. The van der Waals surface area contributed by atoms with Crippen LogP contribution in [0.15, 0.2) is 22.7 Å². The molecule has 94 valence electrons. The van der Waals surface area contributed by atoms with Crippen molar-refractivity contribution in [2.75, 3.05) is 20.1 Å². The van der Waals surface area contributed by atoms with Crippen LogP contribution in [0.1, 0.15) is 18.4 Å². The van der Waals surface area contributed by atoms with Crippen LogP contribution >= 0.6 is 15.9 Å². The fourth-order valence-corrected chi connectivity index (χ4v) is 2.59. The van der Waals surface area contributed by atoms with Gasteiger partial charge in [-0.05, 0) is 38.6 Å². The summed E-state index contributed by atoms with van der Waals surface area (Å²) >= 11 is 3.28. The zero-order valence-electron chi connectivity index (χ0n) is 10.0. The number of piperidine rings is 1. The molecule has 0 radical (unpaired) electrons. The lowest BCUT2D eigenvalue weighted by molar-refractivity contribution is 0.194. The van der Waals surface area contributed by atoms with Crippen molar-refractivity contribution in [2.24, 2.45) is 0 Å². The highest BCUT2D eigenvalue weighted by Crippen LogP contribution is 2.18. The molecule has 1 aliphatic heterocycles. The van der Waals surface area contributed by atoms with Gasteiger partial charge < -0.3 is 5.32 Å². The molecular weight excluding hydrogens is 283 g/mol. The van der Waals surface area contributed by atoms with Crippen LogP contribution in [-0.2, 0) is 6.54 Å². The number of nitrogens with one attached hydrogen (secondary N) is 1. The predicted molar refractivity (Wildman–Crippen MR) is 71.5 cm³/mol. The van der Waals surface area contributed by atoms with Crippen LogP contribution in [0.3, 0.4) is 0 Å². The van der Waals surface area contributed by atoms with Gasteiger partial charge in [0.05, 0.1) is 0 Å². The second-order valence-corrected chi connectivity index (χ2v) is 5.57. The van der Waals surface area contributed by atoms with Crippen molar-refractivity contribution >= 4 is 15.9 Å². The minimum absolute atomic E-state index is 0.130. The first-order valence-electron chi connectivity index (χ1n) is 6.01. The molecule has 1 heterocycles. The van der Waals surface area contributed by atoms with Gasteiger partial charge in [0.15, 0.2) is 0 Å². The number of benzene rings is 1. The summed E-state index contributed by atoms with van der Waals surface area (Å²) in [5, 5.41) is 3.38. The molecule has 1 saturated heterocycles. The summed E-state index contributed by atoms with van der Waals surface area (Å²) in [5.74, 6) is -0.130. The molecular formula is C13H18BrFN2. The average Bonchev–Trinajstić information content (AvgIpc) is 2.34. The van der Waals surface area contributed by atoms with E-state index in [0.29, 0.717) is 12.6 Å². The van der Waals surface area contributed by atoms with Gasteiger partial charge in [0.2, 0.25) is 0 Å². The van der Waals surface area contributed by atoms with Crippen molar-refractivity contribution in [3.63, 3.8) is 0 Å². The molecule has 1 unspecified atom stereocenters. The molecule has 4 heteroatoms. The largest absolute Gasteiger partial charge is 0.315 e. The highest BCUT2D eigenvalue weighted by Gasteiger charge is 2.18. The van der Waals surface area contributed by atoms with E-state index >= 15 is 0 Å². The van der Waals surface area contributed by atoms with Crippen LogP contribution in [0.5, 0.6) is 0 Å². The Hall–Kier alpha value is -0.450. The monoisotopic (exact) mass is 300 g/mol. The number of likely N-dealkylation sites (N-methyl/N-ethyl adjacent to an activating group) is 1. The van der Waals surface area contributed by atoms with Gasteiger partial charge in [-0.1, -0.05) is 22.0 Å². The molecule has 1 atom stereocenters. The zero-order valence-corrected chi connectivity index (χ0v) is 11.6. The lowest BCUT2D eigenvalue weighted by atomic mass is 10.1. The lowest BCUT2D eigenvalue weighted by Gasteiger charge is -2.31. The second-order valence-electron chi connectivity index (χ2n) is 4.65. The van der Waals surface area contributed by atoms with Crippen LogP contribution < -0.4 is 5.32 Å². The minimum atomic E-state index is -0.130. The Morgan fingerprint density at radius 1 is 1.53 bits per heavy atom. The fourth-order valence-electron chi connectivity index (χ4n) is 2.26. The van der Waals surface area contributed by atoms with Gasteiger partial charge in [0.25, 0.3) is 0 Å². The Kier molecular flexibility index (Phi) is 4.54. The summed E-state index contributed by atoms with van der Waals surface area (Å²) in [6.07, 6.45) is 2.40. The van der Waals surface area contributed by atoms with Crippen LogP contribution in [0.2, 0.25) is 0 Å². The van der Waals surface area contributed by atoms with Gasteiger partial charge >= 0.3 is 0 Å². The molecule has 2 nitrogen and oxygen atoms in total. The fraction of sp³-hybridized carbons (Fsp3) is 0.538. The molecule has 1 aliphatic rings. The predicted octanol–water partition coefficient (Wildman–Crippen LogP) is 2.77. The molecule has 1 fully saturated rings. The first kappa shape index (κ1) is 13.0. The van der Waals surface area contributed by atoms with E-state index in [2.05, 4.69) is 33.2 Å². The van der Waals surface area contributed by atoms with Gasteiger partial charge in [-0.15, -0.1) is 0 Å². The maximum atomic E-state index is 13.7. The Bertz CT molecular complexity index is 378. The third-order valence-electron chi connectivity index (χ3n) is 3.33. The Morgan fingerprint density at radius 3 is 3.00 bits per heavy atom. The number of rotatable bonds is 3. The molecule has 0 amide bonds. The molecule has 1 aromatic carbocycles. The molecule has 1 aromatic rings. The number of hydrogen-bond acceptors (Lipinski definition) is 2. The molecule has 0 aromatic heterocycles. The van der Waals surface area contributed by atoms with E-state index in [1.807, 2.05) is 12.1 Å².